The number of nitrogens with zero attached hydrogens (tertiary/aromatic N) is 3. The van der Waals surface area contributed by atoms with Crippen molar-refractivity contribution in [3.05, 3.63) is 29.8 Å². The maximum absolute atomic E-state index is 13.3. The van der Waals surface area contributed by atoms with Gasteiger partial charge in [-0.3, -0.25) is 9.59 Å². The van der Waals surface area contributed by atoms with Crippen LogP contribution in [-0.4, -0.2) is 78.4 Å². The molecule has 6 nitrogen and oxygen atoms in total. The summed E-state index contributed by atoms with van der Waals surface area (Å²) in [7, 11) is 2.11. The molecule has 158 valence electrons. The van der Waals surface area contributed by atoms with Crippen LogP contribution in [-0.2, 0) is 4.79 Å². The summed E-state index contributed by atoms with van der Waals surface area (Å²) >= 11 is 0. The van der Waals surface area contributed by atoms with E-state index < -0.39 is 5.60 Å². The van der Waals surface area contributed by atoms with Crippen molar-refractivity contribution in [1.82, 2.24) is 14.7 Å². The van der Waals surface area contributed by atoms with Crippen molar-refractivity contribution >= 4 is 11.8 Å². The van der Waals surface area contributed by atoms with Crippen LogP contribution in [0.1, 0.15) is 43.5 Å². The van der Waals surface area contributed by atoms with Gasteiger partial charge in [0.15, 0.2) is 0 Å². The summed E-state index contributed by atoms with van der Waals surface area (Å²) in [5.74, 6) is 1.62. The topological polar surface area (TPSA) is 53.1 Å². The Morgan fingerprint density at radius 3 is 2.48 bits per heavy atom. The van der Waals surface area contributed by atoms with E-state index in [-0.39, 0.29) is 18.4 Å². The highest BCUT2D eigenvalue weighted by atomic mass is 16.5. The molecule has 0 saturated carbocycles. The lowest BCUT2D eigenvalue weighted by Gasteiger charge is -2.42. The van der Waals surface area contributed by atoms with Gasteiger partial charge >= 0.3 is 0 Å². The third kappa shape index (κ3) is 4.27. The van der Waals surface area contributed by atoms with Crippen LogP contribution in [0.4, 0.5) is 0 Å². The minimum atomic E-state index is -0.419. The highest BCUT2D eigenvalue weighted by molar-refractivity contribution is 5.99. The van der Waals surface area contributed by atoms with Gasteiger partial charge in [0.2, 0.25) is 5.91 Å². The van der Waals surface area contributed by atoms with Crippen molar-refractivity contribution in [2.45, 2.75) is 38.7 Å². The van der Waals surface area contributed by atoms with Gasteiger partial charge in [-0.1, -0.05) is 26.0 Å². The lowest BCUT2D eigenvalue weighted by molar-refractivity contribution is -0.135. The van der Waals surface area contributed by atoms with Gasteiger partial charge in [-0.05, 0) is 37.4 Å². The fourth-order valence-electron chi connectivity index (χ4n) is 5.13. The zero-order valence-electron chi connectivity index (χ0n) is 17.9. The molecule has 1 aromatic carbocycles. The molecule has 2 amide bonds. The number of hydrogen-bond donors (Lipinski definition) is 0. The molecule has 0 unspecified atom stereocenters. The zero-order chi connectivity index (χ0) is 20.6. The van der Waals surface area contributed by atoms with Gasteiger partial charge in [0.1, 0.15) is 17.9 Å². The molecule has 1 spiro atoms. The Bertz CT molecular complexity index is 762. The maximum Gasteiger partial charge on any atom is 0.258 e. The molecule has 2 fully saturated rings. The summed E-state index contributed by atoms with van der Waals surface area (Å²) in [5.41, 5.74) is 0.147. The molecule has 6 heteroatoms. The SMILES string of the molecule is C[C@@H]1C[C@H](C)CN(C(=O)CN2CC3(CCN(C)CC3)Oc3ccccc3C2=O)C1. The molecule has 3 aliphatic heterocycles. The largest absolute Gasteiger partial charge is 0.484 e. The molecule has 2 saturated heterocycles. The van der Waals surface area contributed by atoms with Crippen molar-refractivity contribution in [2.24, 2.45) is 11.8 Å². The van der Waals surface area contributed by atoms with Gasteiger partial charge < -0.3 is 19.4 Å². The quantitative estimate of drug-likeness (QED) is 0.767. The van der Waals surface area contributed by atoms with Crippen molar-refractivity contribution in [1.29, 1.82) is 0 Å². The first-order chi connectivity index (χ1) is 13.8. The second-order valence-corrected chi connectivity index (χ2v) is 9.49. The number of fused-ring (bicyclic) bond motifs is 1. The Labute approximate surface area is 173 Å². The number of para-hydroxylation sites is 1. The van der Waals surface area contributed by atoms with E-state index in [1.165, 1.54) is 0 Å². The average Bonchev–Trinajstić information content (AvgIpc) is 2.79. The predicted molar refractivity (Wildman–Crippen MR) is 112 cm³/mol. The molecule has 0 radical (unpaired) electrons. The van der Waals surface area contributed by atoms with E-state index in [0.29, 0.717) is 29.7 Å². The highest BCUT2D eigenvalue weighted by Crippen LogP contribution is 2.35. The van der Waals surface area contributed by atoms with Gasteiger partial charge in [0, 0.05) is 39.0 Å². The minimum Gasteiger partial charge on any atom is -0.484 e. The Hall–Kier alpha value is -2.08. The monoisotopic (exact) mass is 399 g/mol. The van der Waals surface area contributed by atoms with E-state index in [1.54, 1.807) is 4.90 Å². The molecule has 4 rings (SSSR count). The van der Waals surface area contributed by atoms with Crippen molar-refractivity contribution in [3.63, 3.8) is 0 Å². The van der Waals surface area contributed by atoms with Crippen molar-refractivity contribution in [2.75, 3.05) is 46.3 Å². The number of carbonyl (C=O) groups is 2. The van der Waals surface area contributed by atoms with Crippen molar-refractivity contribution < 1.29 is 14.3 Å². The van der Waals surface area contributed by atoms with Crippen LogP contribution in [0.5, 0.6) is 5.75 Å². The molecular weight excluding hydrogens is 366 g/mol. The van der Waals surface area contributed by atoms with Crippen LogP contribution in [0.25, 0.3) is 0 Å². The average molecular weight is 400 g/mol. The number of carbonyl (C=O) groups excluding carboxylic acids is 2. The Morgan fingerprint density at radius 2 is 1.79 bits per heavy atom. The molecule has 29 heavy (non-hydrogen) atoms. The van der Waals surface area contributed by atoms with Crippen LogP contribution < -0.4 is 4.74 Å². The van der Waals surface area contributed by atoms with Gasteiger partial charge in [-0.25, -0.2) is 0 Å². The van der Waals surface area contributed by atoms with Gasteiger partial charge in [0.05, 0.1) is 12.1 Å². The number of amides is 2. The second kappa shape index (κ2) is 7.98. The van der Waals surface area contributed by atoms with Gasteiger partial charge in [0.25, 0.3) is 5.91 Å². The van der Waals surface area contributed by atoms with Crippen LogP contribution in [0.15, 0.2) is 24.3 Å². The van der Waals surface area contributed by atoms with E-state index in [0.717, 1.165) is 45.4 Å². The van der Waals surface area contributed by atoms with Gasteiger partial charge in [-0.2, -0.15) is 0 Å². The summed E-state index contributed by atoms with van der Waals surface area (Å²) in [5, 5.41) is 0. The molecule has 0 aliphatic carbocycles. The number of hydrogen-bond acceptors (Lipinski definition) is 4. The third-order valence-electron chi connectivity index (χ3n) is 6.66. The zero-order valence-corrected chi connectivity index (χ0v) is 17.9. The van der Waals surface area contributed by atoms with E-state index in [4.69, 9.17) is 4.74 Å². The Balaban J connectivity index is 1.58. The summed E-state index contributed by atoms with van der Waals surface area (Å²) in [6.07, 6.45) is 2.87. The van der Waals surface area contributed by atoms with Gasteiger partial charge in [-0.15, -0.1) is 0 Å². The summed E-state index contributed by atoms with van der Waals surface area (Å²) in [6.45, 7) is 8.43. The number of benzene rings is 1. The second-order valence-electron chi connectivity index (χ2n) is 9.49. The van der Waals surface area contributed by atoms with Crippen LogP contribution >= 0.6 is 0 Å². The normalized spacial score (nSPS) is 27.3. The molecule has 0 N–H and O–H groups in total. The van der Waals surface area contributed by atoms with E-state index in [9.17, 15) is 9.59 Å². The highest BCUT2D eigenvalue weighted by Gasteiger charge is 2.43. The lowest BCUT2D eigenvalue weighted by Crippen LogP contribution is -2.55. The smallest absolute Gasteiger partial charge is 0.258 e. The molecule has 3 heterocycles. The Morgan fingerprint density at radius 1 is 1.14 bits per heavy atom. The fraction of sp³-hybridized carbons (Fsp3) is 0.652. The van der Waals surface area contributed by atoms with Crippen LogP contribution in [0, 0.1) is 11.8 Å². The summed E-state index contributed by atoms with van der Waals surface area (Å²) in [4.78, 5) is 32.5. The maximum atomic E-state index is 13.3. The molecule has 0 aromatic heterocycles. The van der Waals surface area contributed by atoms with E-state index >= 15 is 0 Å². The van der Waals surface area contributed by atoms with Crippen LogP contribution in [0.3, 0.4) is 0 Å². The molecule has 1 aromatic rings. The number of ether oxygens (including phenoxy) is 1. The molecule has 2 atom stereocenters. The van der Waals surface area contributed by atoms with E-state index in [2.05, 4.69) is 25.8 Å². The standard InChI is InChI=1S/C23H33N3O3/c1-17-12-18(2)14-25(13-17)21(27)15-26-16-23(8-10-24(3)11-9-23)29-20-7-5-4-6-19(20)22(26)28/h4-7,17-18H,8-16H2,1-3H3/t17-,18+. The third-order valence-corrected chi connectivity index (χ3v) is 6.66. The number of piperidine rings is 2. The number of likely N-dealkylation sites (tertiary alicyclic amines) is 2. The minimum absolute atomic E-state index is 0.0548. The van der Waals surface area contributed by atoms with Crippen molar-refractivity contribution in [3.8, 4) is 5.75 Å². The summed E-state index contributed by atoms with van der Waals surface area (Å²) in [6, 6.07) is 7.47. The lowest BCUT2D eigenvalue weighted by atomic mass is 9.90. The van der Waals surface area contributed by atoms with E-state index in [1.807, 2.05) is 29.2 Å². The number of rotatable bonds is 2. The Kier molecular flexibility index (Phi) is 5.56. The van der Waals surface area contributed by atoms with Crippen LogP contribution in [0.2, 0.25) is 0 Å². The summed E-state index contributed by atoms with van der Waals surface area (Å²) < 4.78 is 6.48. The first-order valence-corrected chi connectivity index (χ1v) is 10.9. The predicted octanol–water partition coefficient (Wildman–Crippen LogP) is 2.49. The first-order valence-electron chi connectivity index (χ1n) is 10.9. The molecule has 0 bridgehead atoms. The fourth-order valence-corrected chi connectivity index (χ4v) is 5.13. The first kappa shape index (κ1) is 20.2. The molecule has 3 aliphatic rings. The molecular formula is C23H33N3O3.